The predicted octanol–water partition coefficient (Wildman–Crippen LogP) is 1.41. The molecule has 14 heavy (non-hydrogen) atoms. The smallest absolute Gasteiger partial charge is 0.0557 e. The molecule has 72 valence electrons. The third-order valence-corrected chi connectivity index (χ3v) is 3.02. The van der Waals surface area contributed by atoms with E-state index in [0.29, 0.717) is 0 Å². The summed E-state index contributed by atoms with van der Waals surface area (Å²) in [7, 11) is 2.07. The van der Waals surface area contributed by atoms with Crippen LogP contribution < -0.4 is 10.9 Å². The van der Waals surface area contributed by atoms with Crippen molar-refractivity contribution in [2.75, 3.05) is 11.6 Å². The Bertz CT molecular complexity index is 498. The number of aryl methyl sites for hydroxylation is 1. The molecule has 0 bridgehead atoms. The Morgan fingerprint density at radius 1 is 1.36 bits per heavy atom. The van der Waals surface area contributed by atoms with E-state index in [4.69, 9.17) is 5.84 Å². The van der Waals surface area contributed by atoms with Gasteiger partial charge in [-0.15, -0.1) is 0 Å². The molecule has 3 nitrogen and oxygen atoms in total. The zero-order chi connectivity index (χ0) is 9.71. The van der Waals surface area contributed by atoms with E-state index in [1.807, 2.05) is 5.01 Å². The quantitative estimate of drug-likeness (QED) is 0.633. The molecule has 1 aliphatic heterocycles. The molecule has 0 spiro atoms. The van der Waals surface area contributed by atoms with Crippen LogP contribution in [0.2, 0.25) is 0 Å². The van der Waals surface area contributed by atoms with Gasteiger partial charge in [-0.3, -0.25) is 0 Å². The summed E-state index contributed by atoms with van der Waals surface area (Å²) in [5, 5.41) is 3.10. The molecular formula is C11H13N3. The maximum Gasteiger partial charge on any atom is 0.0557 e. The van der Waals surface area contributed by atoms with E-state index >= 15 is 0 Å². The number of hydrogen-bond donors (Lipinski definition) is 1. The zero-order valence-electron chi connectivity index (χ0n) is 8.20. The lowest BCUT2D eigenvalue weighted by Crippen LogP contribution is -2.27. The second-order valence-electron chi connectivity index (χ2n) is 3.91. The molecule has 0 aliphatic carbocycles. The summed E-state index contributed by atoms with van der Waals surface area (Å²) >= 11 is 0. The number of fused-ring (bicyclic) bond motifs is 2. The number of hydrogen-bond acceptors (Lipinski definition) is 2. The van der Waals surface area contributed by atoms with E-state index in [0.717, 1.165) is 13.0 Å². The minimum absolute atomic E-state index is 0.936. The largest absolute Gasteiger partial charge is 0.351 e. The Morgan fingerprint density at radius 3 is 3.07 bits per heavy atom. The van der Waals surface area contributed by atoms with E-state index in [1.165, 1.54) is 22.2 Å². The molecule has 2 N–H and O–H groups in total. The molecule has 1 aromatic heterocycles. The molecule has 0 amide bonds. The molecule has 1 aliphatic rings. The molecule has 3 rings (SSSR count). The molecule has 0 fully saturated rings. The van der Waals surface area contributed by atoms with E-state index in [1.54, 1.807) is 0 Å². The second kappa shape index (κ2) is 2.51. The van der Waals surface area contributed by atoms with Crippen LogP contribution in [0.3, 0.4) is 0 Å². The van der Waals surface area contributed by atoms with Gasteiger partial charge in [0.25, 0.3) is 0 Å². The van der Waals surface area contributed by atoms with Gasteiger partial charge in [0.2, 0.25) is 0 Å². The van der Waals surface area contributed by atoms with Gasteiger partial charge in [-0.2, -0.15) is 0 Å². The van der Waals surface area contributed by atoms with Crippen LogP contribution in [0, 0.1) is 0 Å². The minimum atomic E-state index is 0.936. The minimum Gasteiger partial charge on any atom is -0.351 e. The first-order chi connectivity index (χ1) is 6.75. The molecule has 2 aromatic rings. The Balaban J connectivity index is 2.34. The van der Waals surface area contributed by atoms with Gasteiger partial charge < -0.3 is 9.58 Å². The van der Waals surface area contributed by atoms with Crippen molar-refractivity contribution in [2.45, 2.75) is 6.42 Å². The van der Waals surface area contributed by atoms with Crippen LogP contribution in [-0.4, -0.2) is 11.1 Å². The maximum atomic E-state index is 5.87. The van der Waals surface area contributed by atoms with Crippen LogP contribution in [0.4, 0.5) is 5.69 Å². The topological polar surface area (TPSA) is 34.2 Å². The zero-order valence-corrected chi connectivity index (χ0v) is 8.20. The van der Waals surface area contributed by atoms with Crippen LogP contribution in [0.25, 0.3) is 10.9 Å². The Kier molecular flexibility index (Phi) is 1.42. The maximum absolute atomic E-state index is 5.87. The third kappa shape index (κ3) is 0.902. The summed E-state index contributed by atoms with van der Waals surface area (Å²) in [5.74, 6) is 5.87. The van der Waals surface area contributed by atoms with Crippen LogP contribution in [0.1, 0.15) is 5.56 Å². The number of rotatable bonds is 0. The van der Waals surface area contributed by atoms with Gasteiger partial charge in [0, 0.05) is 30.7 Å². The van der Waals surface area contributed by atoms with Crippen molar-refractivity contribution >= 4 is 16.6 Å². The monoisotopic (exact) mass is 187 g/mol. The molecule has 3 heteroatoms. The summed E-state index contributed by atoms with van der Waals surface area (Å²) in [6.07, 6.45) is 3.15. The van der Waals surface area contributed by atoms with Crippen molar-refractivity contribution in [3.63, 3.8) is 0 Å². The average Bonchev–Trinajstić information content (AvgIpc) is 2.71. The highest BCUT2D eigenvalue weighted by Crippen LogP contribution is 2.30. The van der Waals surface area contributed by atoms with E-state index in [9.17, 15) is 0 Å². The number of anilines is 1. The Hall–Kier alpha value is -1.48. The summed E-state index contributed by atoms with van der Waals surface area (Å²) in [6, 6.07) is 6.55. The highest BCUT2D eigenvalue weighted by molar-refractivity contribution is 5.86. The van der Waals surface area contributed by atoms with Gasteiger partial charge >= 0.3 is 0 Å². The van der Waals surface area contributed by atoms with E-state index < -0.39 is 0 Å². The van der Waals surface area contributed by atoms with Crippen molar-refractivity contribution in [2.24, 2.45) is 12.9 Å². The van der Waals surface area contributed by atoms with Crippen molar-refractivity contribution in [1.82, 2.24) is 4.57 Å². The van der Waals surface area contributed by atoms with Crippen molar-refractivity contribution in [3.8, 4) is 0 Å². The lowest BCUT2D eigenvalue weighted by molar-refractivity contribution is 0.891. The summed E-state index contributed by atoms with van der Waals surface area (Å²) in [5.41, 5.74) is 3.84. The summed E-state index contributed by atoms with van der Waals surface area (Å²) in [6.45, 7) is 0.936. The van der Waals surface area contributed by atoms with Crippen molar-refractivity contribution in [1.29, 1.82) is 0 Å². The molecule has 2 heterocycles. The number of nitrogens with two attached hydrogens (primary N) is 1. The molecule has 1 aromatic carbocycles. The normalized spacial score (nSPS) is 15.1. The second-order valence-corrected chi connectivity index (χ2v) is 3.91. The fourth-order valence-electron chi connectivity index (χ4n) is 2.18. The number of nitrogens with zero attached hydrogens (tertiary/aromatic N) is 2. The first-order valence-electron chi connectivity index (χ1n) is 4.86. The number of aromatic nitrogens is 1. The van der Waals surface area contributed by atoms with Crippen LogP contribution in [0.5, 0.6) is 0 Å². The van der Waals surface area contributed by atoms with Crippen LogP contribution in [0.15, 0.2) is 24.4 Å². The van der Waals surface area contributed by atoms with Gasteiger partial charge in [-0.05, 0) is 30.2 Å². The average molecular weight is 187 g/mol. The standard InChI is InChI=1S/C11H13N3/c1-13-4-2-8-7-11-9(6-10(8)13)3-5-14(11)12/h2,4,6-7H,3,5,12H2,1H3. The van der Waals surface area contributed by atoms with Gasteiger partial charge in [0.15, 0.2) is 0 Å². The van der Waals surface area contributed by atoms with Gasteiger partial charge in [-0.25, -0.2) is 5.84 Å². The third-order valence-electron chi connectivity index (χ3n) is 3.02. The fourth-order valence-corrected chi connectivity index (χ4v) is 2.18. The summed E-state index contributed by atoms with van der Waals surface area (Å²) < 4.78 is 2.15. The first-order valence-corrected chi connectivity index (χ1v) is 4.86. The predicted molar refractivity (Wildman–Crippen MR) is 58.2 cm³/mol. The summed E-state index contributed by atoms with van der Waals surface area (Å²) in [4.78, 5) is 0. The van der Waals surface area contributed by atoms with Gasteiger partial charge in [0.05, 0.1) is 5.69 Å². The molecule has 0 atom stereocenters. The van der Waals surface area contributed by atoms with Gasteiger partial charge in [0.1, 0.15) is 0 Å². The number of hydrazine groups is 1. The van der Waals surface area contributed by atoms with Crippen molar-refractivity contribution < 1.29 is 0 Å². The van der Waals surface area contributed by atoms with Gasteiger partial charge in [-0.1, -0.05) is 0 Å². The fraction of sp³-hybridized carbons (Fsp3) is 0.273. The Morgan fingerprint density at radius 2 is 2.21 bits per heavy atom. The van der Waals surface area contributed by atoms with E-state index in [2.05, 4.69) is 36.0 Å². The number of benzene rings is 1. The van der Waals surface area contributed by atoms with E-state index in [-0.39, 0.29) is 0 Å². The Labute approximate surface area is 82.7 Å². The first kappa shape index (κ1) is 7.88. The van der Waals surface area contributed by atoms with Crippen LogP contribution in [-0.2, 0) is 13.5 Å². The highest BCUT2D eigenvalue weighted by atomic mass is 15.4. The molecule has 0 saturated carbocycles. The lowest BCUT2D eigenvalue weighted by atomic mass is 10.1. The molecule has 0 unspecified atom stereocenters. The van der Waals surface area contributed by atoms with Crippen LogP contribution >= 0.6 is 0 Å². The molecule has 0 saturated heterocycles. The SMILES string of the molecule is Cn1ccc2cc3c(cc21)CCN3N. The van der Waals surface area contributed by atoms with Crippen molar-refractivity contribution in [3.05, 3.63) is 30.0 Å². The molecule has 0 radical (unpaired) electrons. The lowest BCUT2D eigenvalue weighted by Gasteiger charge is -2.11. The highest BCUT2D eigenvalue weighted by Gasteiger charge is 2.17. The molecular weight excluding hydrogens is 174 g/mol.